The summed E-state index contributed by atoms with van der Waals surface area (Å²) in [5.41, 5.74) is 3.28. The number of amidine groups is 1. The smallest absolute Gasteiger partial charge is 0.131 e. The lowest BCUT2D eigenvalue weighted by molar-refractivity contribution is 0.629. The summed E-state index contributed by atoms with van der Waals surface area (Å²) < 4.78 is 13.7. The number of benzene rings is 2. The average Bonchev–Trinajstić information content (AvgIpc) is 3.13. The van der Waals surface area contributed by atoms with E-state index in [0.29, 0.717) is 16.6 Å². The first-order valence-electron chi connectivity index (χ1n) is 7.19. The fourth-order valence-electron chi connectivity index (χ4n) is 2.87. The van der Waals surface area contributed by atoms with Crippen LogP contribution in [-0.2, 0) is 0 Å². The lowest BCUT2D eigenvalue weighted by atomic mass is 10.0. The molecule has 2 heterocycles. The van der Waals surface area contributed by atoms with Crippen LogP contribution in [0.3, 0.4) is 0 Å². The zero-order valence-corrected chi connectivity index (χ0v) is 13.5. The van der Waals surface area contributed by atoms with Crippen molar-refractivity contribution < 1.29 is 4.39 Å². The molecular formula is C17H12Cl2FN3. The van der Waals surface area contributed by atoms with Gasteiger partial charge in [-0.25, -0.2) is 4.39 Å². The summed E-state index contributed by atoms with van der Waals surface area (Å²) in [6.07, 6.45) is 0. The number of aromatic nitrogens is 1. The van der Waals surface area contributed by atoms with Crippen molar-refractivity contribution in [1.82, 2.24) is 10.3 Å². The minimum absolute atomic E-state index is 0.287. The van der Waals surface area contributed by atoms with Crippen LogP contribution in [0.5, 0.6) is 0 Å². The molecule has 116 valence electrons. The lowest BCUT2D eigenvalue weighted by Crippen LogP contribution is -2.19. The second-order valence-electron chi connectivity index (χ2n) is 5.35. The van der Waals surface area contributed by atoms with Crippen molar-refractivity contribution in [3.05, 3.63) is 57.8 Å². The van der Waals surface area contributed by atoms with Gasteiger partial charge in [-0.2, -0.15) is 0 Å². The molecule has 1 aliphatic rings. The second-order valence-corrected chi connectivity index (χ2v) is 6.19. The highest BCUT2D eigenvalue weighted by Crippen LogP contribution is 2.36. The van der Waals surface area contributed by atoms with Gasteiger partial charge in [0.2, 0.25) is 0 Å². The summed E-state index contributed by atoms with van der Waals surface area (Å²) in [6.45, 7) is 1.47. The van der Waals surface area contributed by atoms with Crippen molar-refractivity contribution in [2.75, 3.05) is 13.1 Å². The van der Waals surface area contributed by atoms with Crippen molar-refractivity contribution in [2.24, 2.45) is 4.99 Å². The summed E-state index contributed by atoms with van der Waals surface area (Å²) in [5.74, 6) is 0.466. The SMILES string of the molecule is Fc1ccc2[nH]c(-c3ccc(Cl)cc3Cl)c(C3=NCCN3)c2c1. The molecule has 0 amide bonds. The van der Waals surface area contributed by atoms with Crippen molar-refractivity contribution in [3.8, 4) is 11.3 Å². The van der Waals surface area contributed by atoms with Crippen molar-refractivity contribution >= 4 is 39.9 Å². The molecule has 0 unspecified atom stereocenters. The van der Waals surface area contributed by atoms with Gasteiger partial charge in [0.1, 0.15) is 11.7 Å². The summed E-state index contributed by atoms with van der Waals surface area (Å²) >= 11 is 12.4. The minimum Gasteiger partial charge on any atom is -0.368 e. The lowest BCUT2D eigenvalue weighted by Gasteiger charge is -2.08. The number of H-pyrrole nitrogens is 1. The number of aliphatic imine (C=N–C) groups is 1. The molecule has 3 aromatic rings. The van der Waals surface area contributed by atoms with Crippen LogP contribution >= 0.6 is 23.2 Å². The molecule has 0 radical (unpaired) electrons. The Morgan fingerprint density at radius 1 is 1.09 bits per heavy atom. The van der Waals surface area contributed by atoms with Crippen molar-refractivity contribution in [3.63, 3.8) is 0 Å². The average molecular weight is 348 g/mol. The van der Waals surface area contributed by atoms with E-state index >= 15 is 0 Å². The van der Waals surface area contributed by atoms with Crippen LogP contribution in [-0.4, -0.2) is 23.9 Å². The van der Waals surface area contributed by atoms with Crippen LogP contribution in [0.25, 0.3) is 22.2 Å². The summed E-state index contributed by atoms with van der Waals surface area (Å²) in [4.78, 5) is 7.82. The van der Waals surface area contributed by atoms with Crippen LogP contribution in [0.15, 0.2) is 41.4 Å². The molecular weight excluding hydrogens is 336 g/mol. The van der Waals surface area contributed by atoms with E-state index in [9.17, 15) is 4.39 Å². The van der Waals surface area contributed by atoms with Gasteiger partial charge in [-0.1, -0.05) is 23.2 Å². The maximum atomic E-state index is 13.7. The first-order chi connectivity index (χ1) is 11.1. The molecule has 0 atom stereocenters. The van der Waals surface area contributed by atoms with E-state index in [1.54, 1.807) is 18.2 Å². The Hall–Kier alpha value is -2.04. The molecule has 0 saturated heterocycles. The van der Waals surface area contributed by atoms with Gasteiger partial charge in [-0.05, 0) is 36.4 Å². The van der Waals surface area contributed by atoms with Crippen LogP contribution in [0.4, 0.5) is 4.39 Å². The Morgan fingerprint density at radius 3 is 2.70 bits per heavy atom. The van der Waals surface area contributed by atoms with Gasteiger partial charge < -0.3 is 10.3 Å². The van der Waals surface area contributed by atoms with Gasteiger partial charge in [-0.15, -0.1) is 0 Å². The first kappa shape index (κ1) is 14.5. The highest BCUT2D eigenvalue weighted by Gasteiger charge is 2.21. The number of rotatable bonds is 2. The fraction of sp³-hybridized carbons (Fsp3) is 0.118. The van der Waals surface area contributed by atoms with Gasteiger partial charge >= 0.3 is 0 Å². The third-order valence-electron chi connectivity index (χ3n) is 3.87. The molecule has 0 bridgehead atoms. The maximum absolute atomic E-state index is 13.7. The summed E-state index contributed by atoms with van der Waals surface area (Å²) in [5, 5.41) is 5.13. The Kier molecular flexibility index (Phi) is 3.51. The summed E-state index contributed by atoms with van der Waals surface area (Å²) in [7, 11) is 0. The monoisotopic (exact) mass is 347 g/mol. The van der Waals surface area contributed by atoms with Gasteiger partial charge in [0.25, 0.3) is 0 Å². The quantitative estimate of drug-likeness (QED) is 0.696. The van der Waals surface area contributed by atoms with Gasteiger partial charge in [0.15, 0.2) is 0 Å². The van der Waals surface area contributed by atoms with Gasteiger partial charge in [-0.3, -0.25) is 4.99 Å². The largest absolute Gasteiger partial charge is 0.368 e. The van der Waals surface area contributed by atoms with E-state index < -0.39 is 0 Å². The molecule has 2 N–H and O–H groups in total. The molecule has 6 heteroatoms. The Balaban J connectivity index is 2.04. The predicted octanol–water partition coefficient (Wildman–Crippen LogP) is 4.63. The zero-order valence-electron chi connectivity index (χ0n) is 12.0. The van der Waals surface area contributed by atoms with E-state index in [1.165, 1.54) is 12.1 Å². The molecule has 0 saturated carbocycles. The highest BCUT2D eigenvalue weighted by molar-refractivity contribution is 6.36. The van der Waals surface area contributed by atoms with Crippen LogP contribution < -0.4 is 5.32 Å². The topological polar surface area (TPSA) is 40.2 Å². The number of aromatic amines is 1. The first-order valence-corrected chi connectivity index (χ1v) is 7.94. The Bertz CT molecular complexity index is 946. The second kappa shape index (κ2) is 5.55. The Morgan fingerprint density at radius 2 is 1.96 bits per heavy atom. The zero-order chi connectivity index (χ0) is 16.0. The third kappa shape index (κ3) is 2.48. The molecule has 1 aromatic heterocycles. The molecule has 3 nitrogen and oxygen atoms in total. The fourth-order valence-corrected chi connectivity index (χ4v) is 3.37. The van der Waals surface area contributed by atoms with E-state index in [1.807, 2.05) is 6.07 Å². The molecule has 0 fully saturated rings. The Labute approximate surface area is 142 Å². The van der Waals surface area contributed by atoms with Crippen LogP contribution in [0.2, 0.25) is 10.0 Å². The predicted molar refractivity (Wildman–Crippen MR) is 93.1 cm³/mol. The molecule has 0 aliphatic carbocycles. The normalized spacial score (nSPS) is 14.1. The number of nitrogens with zero attached hydrogens (tertiary/aromatic N) is 1. The van der Waals surface area contributed by atoms with E-state index in [-0.39, 0.29) is 5.82 Å². The van der Waals surface area contributed by atoms with E-state index in [2.05, 4.69) is 15.3 Å². The molecule has 23 heavy (non-hydrogen) atoms. The highest BCUT2D eigenvalue weighted by atomic mass is 35.5. The van der Waals surface area contributed by atoms with Crippen molar-refractivity contribution in [2.45, 2.75) is 0 Å². The molecule has 1 aliphatic heterocycles. The third-order valence-corrected chi connectivity index (χ3v) is 4.42. The van der Waals surface area contributed by atoms with E-state index in [4.69, 9.17) is 23.2 Å². The number of fused-ring (bicyclic) bond motifs is 1. The maximum Gasteiger partial charge on any atom is 0.131 e. The number of nitrogens with one attached hydrogen (secondary N) is 2. The van der Waals surface area contributed by atoms with Crippen molar-refractivity contribution in [1.29, 1.82) is 0 Å². The van der Waals surface area contributed by atoms with Crippen LogP contribution in [0, 0.1) is 5.82 Å². The number of hydrogen-bond donors (Lipinski definition) is 2. The van der Waals surface area contributed by atoms with Gasteiger partial charge in [0, 0.05) is 28.0 Å². The molecule has 4 rings (SSSR count). The minimum atomic E-state index is -0.287. The molecule has 0 spiro atoms. The van der Waals surface area contributed by atoms with E-state index in [0.717, 1.165) is 40.1 Å². The number of halogens is 3. The standard InChI is InChI=1S/C17H12Cl2FN3/c18-9-1-3-11(13(19)7-9)16-15(17-21-5-6-22-17)12-8-10(20)2-4-14(12)23-16/h1-4,7-8,23H,5-6H2,(H,21,22). The van der Waals surface area contributed by atoms with Gasteiger partial charge in [0.05, 0.1) is 22.8 Å². The summed E-state index contributed by atoms with van der Waals surface area (Å²) in [6, 6.07) is 9.99. The number of hydrogen-bond acceptors (Lipinski definition) is 2. The molecule has 2 aromatic carbocycles. The van der Waals surface area contributed by atoms with Crippen LogP contribution in [0.1, 0.15) is 5.56 Å².